The highest BCUT2D eigenvalue weighted by Gasteiger charge is 2.24. The Bertz CT molecular complexity index is 707. The summed E-state index contributed by atoms with van der Waals surface area (Å²) in [5, 5.41) is 0. The number of hydrogen-bond donors (Lipinski definition) is 0. The monoisotopic (exact) mass is 340 g/mol. The first kappa shape index (κ1) is 18.4. The van der Waals surface area contributed by atoms with E-state index in [9.17, 15) is 14.4 Å². The Kier molecular flexibility index (Phi) is 6.46. The molecule has 0 bridgehead atoms. The molecule has 0 unspecified atom stereocenters. The van der Waals surface area contributed by atoms with Gasteiger partial charge in [-0.3, -0.25) is 0 Å². The summed E-state index contributed by atoms with van der Waals surface area (Å²) in [4.78, 5) is 38.2. The lowest BCUT2D eigenvalue weighted by molar-refractivity contribution is -0.255. The summed E-state index contributed by atoms with van der Waals surface area (Å²) in [5.74, 6) is -1.03. The van der Waals surface area contributed by atoms with E-state index in [2.05, 4.69) is 58.3 Å². The van der Waals surface area contributed by atoms with Gasteiger partial charge in [-0.05, 0) is 28.7 Å². The summed E-state index contributed by atoms with van der Waals surface area (Å²) >= 11 is 0. The average Bonchev–Trinajstić information content (AvgIpc) is 2.60. The van der Waals surface area contributed by atoms with Gasteiger partial charge in [-0.25, -0.2) is 19.4 Å². The molecule has 5 nitrogen and oxygen atoms in total. The van der Waals surface area contributed by atoms with Crippen molar-refractivity contribution in [2.24, 2.45) is 0 Å². The molecule has 1 aliphatic carbocycles. The Morgan fingerprint density at radius 2 is 1.36 bits per heavy atom. The van der Waals surface area contributed by atoms with E-state index in [-0.39, 0.29) is 5.92 Å². The van der Waals surface area contributed by atoms with Crippen molar-refractivity contribution in [3.8, 4) is 0 Å². The molecule has 2 aromatic carbocycles. The second-order valence-corrected chi connectivity index (χ2v) is 5.68. The summed E-state index contributed by atoms with van der Waals surface area (Å²) in [7, 11) is 0. The van der Waals surface area contributed by atoms with Crippen LogP contribution in [0, 0.1) is 0 Å². The van der Waals surface area contributed by atoms with Crippen molar-refractivity contribution in [2.45, 2.75) is 32.6 Å². The Morgan fingerprint density at radius 3 is 1.76 bits per heavy atom. The number of benzene rings is 2. The summed E-state index contributed by atoms with van der Waals surface area (Å²) < 4.78 is 0. The quantitative estimate of drug-likeness (QED) is 0.476. The first-order valence-corrected chi connectivity index (χ1v) is 7.97. The van der Waals surface area contributed by atoms with Crippen LogP contribution in [-0.4, -0.2) is 18.2 Å². The minimum atomic E-state index is -0.639. The van der Waals surface area contributed by atoms with Crippen LogP contribution in [0.2, 0.25) is 0 Å². The standard InChI is InChI=1S/C16H14O.C4H6O4/c17-10-9-16-14-7-3-1-5-12(14)11-13-6-2-4-8-15(13)16;1-3(5)7-8-4(2)6/h1-8,10,16H,9,11H2;1-2H3. The Labute approximate surface area is 146 Å². The van der Waals surface area contributed by atoms with Gasteiger partial charge in [0.15, 0.2) is 0 Å². The molecule has 5 heteroatoms. The van der Waals surface area contributed by atoms with Gasteiger partial charge in [0, 0.05) is 26.2 Å². The molecule has 1 aliphatic rings. The first-order chi connectivity index (χ1) is 12.0. The maximum Gasteiger partial charge on any atom is 0.352 e. The second kappa shape index (κ2) is 8.78. The molecule has 0 spiro atoms. The molecule has 0 fully saturated rings. The van der Waals surface area contributed by atoms with Crippen LogP contribution >= 0.6 is 0 Å². The van der Waals surface area contributed by atoms with Gasteiger partial charge in [-0.15, -0.1) is 0 Å². The van der Waals surface area contributed by atoms with Gasteiger partial charge in [0.1, 0.15) is 6.29 Å². The van der Waals surface area contributed by atoms with Crippen molar-refractivity contribution in [3.05, 3.63) is 70.8 Å². The molecule has 25 heavy (non-hydrogen) atoms. The van der Waals surface area contributed by atoms with Gasteiger partial charge in [-0.1, -0.05) is 48.5 Å². The number of carbonyl (C=O) groups is 3. The minimum Gasteiger partial charge on any atom is -0.303 e. The molecule has 3 rings (SSSR count). The third kappa shape index (κ3) is 5.01. The second-order valence-electron chi connectivity index (χ2n) is 5.68. The zero-order chi connectivity index (χ0) is 18.2. The van der Waals surface area contributed by atoms with Gasteiger partial charge in [0.05, 0.1) is 0 Å². The van der Waals surface area contributed by atoms with Crippen LogP contribution < -0.4 is 0 Å². The molecular formula is C20H20O5. The zero-order valence-corrected chi connectivity index (χ0v) is 14.2. The van der Waals surface area contributed by atoms with Gasteiger partial charge < -0.3 is 4.79 Å². The van der Waals surface area contributed by atoms with Gasteiger partial charge in [0.2, 0.25) is 0 Å². The van der Waals surface area contributed by atoms with E-state index < -0.39 is 11.9 Å². The molecule has 0 radical (unpaired) electrons. The van der Waals surface area contributed by atoms with E-state index in [0.29, 0.717) is 6.42 Å². The maximum atomic E-state index is 10.9. The SMILES string of the molecule is CC(=O)OOC(C)=O.O=CCC1c2ccccc2Cc2ccccc21. The fourth-order valence-corrected chi connectivity index (χ4v) is 2.91. The van der Waals surface area contributed by atoms with E-state index in [0.717, 1.165) is 26.6 Å². The Hall–Kier alpha value is -2.95. The van der Waals surface area contributed by atoms with Crippen molar-refractivity contribution >= 4 is 18.2 Å². The third-order valence-corrected chi connectivity index (χ3v) is 3.85. The van der Waals surface area contributed by atoms with Crippen molar-refractivity contribution < 1.29 is 24.2 Å². The third-order valence-electron chi connectivity index (χ3n) is 3.85. The minimum absolute atomic E-state index is 0.244. The largest absolute Gasteiger partial charge is 0.352 e. The Balaban J connectivity index is 0.000000242. The van der Waals surface area contributed by atoms with Gasteiger partial charge in [-0.2, -0.15) is 0 Å². The Morgan fingerprint density at radius 1 is 0.920 bits per heavy atom. The van der Waals surface area contributed by atoms with Crippen LogP contribution in [0.3, 0.4) is 0 Å². The van der Waals surface area contributed by atoms with Crippen LogP contribution in [0.5, 0.6) is 0 Å². The number of rotatable bonds is 2. The van der Waals surface area contributed by atoms with Crippen molar-refractivity contribution in [1.82, 2.24) is 0 Å². The molecule has 0 amide bonds. The predicted molar refractivity (Wildman–Crippen MR) is 91.7 cm³/mol. The zero-order valence-electron chi connectivity index (χ0n) is 14.2. The molecule has 0 atom stereocenters. The van der Waals surface area contributed by atoms with Gasteiger partial charge >= 0.3 is 11.9 Å². The molecule has 0 heterocycles. The average molecular weight is 340 g/mol. The molecule has 0 N–H and O–H groups in total. The number of aldehydes is 1. The first-order valence-electron chi connectivity index (χ1n) is 7.97. The van der Waals surface area contributed by atoms with Crippen molar-refractivity contribution in [1.29, 1.82) is 0 Å². The van der Waals surface area contributed by atoms with E-state index in [1.165, 1.54) is 22.3 Å². The van der Waals surface area contributed by atoms with Crippen molar-refractivity contribution in [2.75, 3.05) is 0 Å². The summed E-state index contributed by atoms with van der Waals surface area (Å²) in [6.07, 6.45) is 2.60. The van der Waals surface area contributed by atoms with Crippen LogP contribution in [0.15, 0.2) is 48.5 Å². The molecule has 0 aliphatic heterocycles. The topological polar surface area (TPSA) is 69.7 Å². The smallest absolute Gasteiger partial charge is 0.303 e. The highest BCUT2D eigenvalue weighted by Crippen LogP contribution is 2.37. The molecule has 2 aromatic rings. The van der Waals surface area contributed by atoms with E-state index >= 15 is 0 Å². The lowest BCUT2D eigenvalue weighted by Crippen LogP contribution is -2.13. The number of fused-ring (bicyclic) bond motifs is 2. The van der Waals surface area contributed by atoms with E-state index in [4.69, 9.17) is 0 Å². The predicted octanol–water partition coefficient (Wildman–Crippen LogP) is 3.34. The van der Waals surface area contributed by atoms with E-state index in [1.54, 1.807) is 0 Å². The van der Waals surface area contributed by atoms with Crippen molar-refractivity contribution in [3.63, 3.8) is 0 Å². The summed E-state index contributed by atoms with van der Waals surface area (Å²) in [5.41, 5.74) is 5.35. The molecule has 0 saturated carbocycles. The highest BCUT2D eigenvalue weighted by atomic mass is 17.2. The van der Waals surface area contributed by atoms with Crippen LogP contribution in [0.1, 0.15) is 48.4 Å². The van der Waals surface area contributed by atoms with Crippen LogP contribution in [0.4, 0.5) is 0 Å². The van der Waals surface area contributed by atoms with E-state index in [1.807, 2.05) is 0 Å². The summed E-state index contributed by atoms with van der Waals surface area (Å²) in [6.45, 7) is 2.28. The highest BCUT2D eigenvalue weighted by molar-refractivity contribution is 5.69. The molecular weight excluding hydrogens is 320 g/mol. The van der Waals surface area contributed by atoms with Gasteiger partial charge in [0.25, 0.3) is 0 Å². The van der Waals surface area contributed by atoms with Crippen LogP contribution in [-0.2, 0) is 30.6 Å². The lowest BCUT2D eigenvalue weighted by Gasteiger charge is -2.27. The number of carbonyl (C=O) groups excluding carboxylic acids is 3. The van der Waals surface area contributed by atoms with Crippen LogP contribution in [0.25, 0.3) is 0 Å². The summed E-state index contributed by atoms with van der Waals surface area (Å²) in [6, 6.07) is 16.9. The molecule has 130 valence electrons. The fourth-order valence-electron chi connectivity index (χ4n) is 2.91. The maximum absolute atomic E-state index is 10.9. The lowest BCUT2D eigenvalue weighted by atomic mass is 9.77. The normalized spacial score (nSPS) is 11.9. The molecule has 0 aromatic heterocycles. The fraction of sp³-hybridized carbons (Fsp3) is 0.250. The molecule has 0 saturated heterocycles. The number of hydrogen-bond acceptors (Lipinski definition) is 5.